The van der Waals surface area contributed by atoms with Crippen molar-refractivity contribution in [3.05, 3.63) is 0 Å². The van der Waals surface area contributed by atoms with E-state index in [9.17, 15) is 5.11 Å². The number of aliphatic hydroxyl groups excluding tert-OH is 1. The Morgan fingerprint density at radius 3 is 2.43 bits per heavy atom. The van der Waals surface area contributed by atoms with Gasteiger partial charge in [-0.05, 0) is 43.9 Å². The predicted molar refractivity (Wildman–Crippen MR) is 58.2 cm³/mol. The minimum atomic E-state index is 0.130. The molecule has 2 N–H and O–H groups in total. The summed E-state index contributed by atoms with van der Waals surface area (Å²) in [5.74, 6) is 1.73. The van der Waals surface area contributed by atoms with Gasteiger partial charge in [-0.25, -0.2) is 0 Å². The van der Waals surface area contributed by atoms with Crippen molar-refractivity contribution in [3.8, 4) is 0 Å². The van der Waals surface area contributed by atoms with E-state index in [2.05, 4.69) is 19.2 Å². The zero-order chi connectivity index (χ0) is 10.2. The van der Waals surface area contributed by atoms with Crippen LogP contribution in [0.2, 0.25) is 0 Å². The molecule has 0 amide bonds. The van der Waals surface area contributed by atoms with Crippen LogP contribution < -0.4 is 5.32 Å². The SMILES string of the molecule is CC1CCC(NC2(CO)CC2)CC1C. The van der Waals surface area contributed by atoms with Gasteiger partial charge in [0, 0.05) is 11.6 Å². The Morgan fingerprint density at radius 1 is 1.21 bits per heavy atom. The molecule has 2 aliphatic carbocycles. The Labute approximate surface area is 87.1 Å². The lowest BCUT2D eigenvalue weighted by Crippen LogP contribution is -2.45. The van der Waals surface area contributed by atoms with Gasteiger partial charge in [-0.15, -0.1) is 0 Å². The third kappa shape index (κ3) is 2.12. The first-order valence-electron chi connectivity index (χ1n) is 6.04. The molecular formula is C12H23NO. The molecule has 2 aliphatic rings. The highest BCUT2D eigenvalue weighted by atomic mass is 16.3. The summed E-state index contributed by atoms with van der Waals surface area (Å²) in [4.78, 5) is 0. The normalized spacial score (nSPS) is 40.9. The highest BCUT2D eigenvalue weighted by Crippen LogP contribution is 2.38. The number of hydrogen-bond donors (Lipinski definition) is 2. The molecule has 14 heavy (non-hydrogen) atoms. The second kappa shape index (κ2) is 3.82. The van der Waals surface area contributed by atoms with Crippen molar-refractivity contribution in [1.82, 2.24) is 5.32 Å². The third-order valence-electron chi connectivity index (χ3n) is 4.26. The molecule has 2 nitrogen and oxygen atoms in total. The summed E-state index contributed by atoms with van der Waals surface area (Å²) >= 11 is 0. The van der Waals surface area contributed by atoms with Gasteiger partial charge in [0.15, 0.2) is 0 Å². The molecule has 0 aliphatic heterocycles. The third-order valence-corrected chi connectivity index (χ3v) is 4.26. The van der Waals surface area contributed by atoms with E-state index in [1.807, 2.05) is 0 Å². The van der Waals surface area contributed by atoms with Gasteiger partial charge in [-0.1, -0.05) is 13.8 Å². The maximum absolute atomic E-state index is 9.24. The number of aliphatic hydroxyl groups is 1. The lowest BCUT2D eigenvalue weighted by Gasteiger charge is -2.34. The minimum absolute atomic E-state index is 0.130. The number of hydrogen-bond acceptors (Lipinski definition) is 2. The Bertz CT molecular complexity index is 200. The van der Waals surface area contributed by atoms with Crippen molar-refractivity contribution in [2.75, 3.05) is 6.61 Å². The van der Waals surface area contributed by atoms with Crippen molar-refractivity contribution < 1.29 is 5.11 Å². The second-order valence-electron chi connectivity index (χ2n) is 5.55. The van der Waals surface area contributed by atoms with Crippen LogP contribution in [0.1, 0.15) is 46.0 Å². The molecule has 0 radical (unpaired) electrons. The molecule has 2 rings (SSSR count). The smallest absolute Gasteiger partial charge is 0.0613 e. The summed E-state index contributed by atoms with van der Waals surface area (Å²) in [5.41, 5.74) is 0.130. The number of nitrogens with one attached hydrogen (secondary N) is 1. The molecule has 0 bridgehead atoms. The first-order valence-corrected chi connectivity index (χ1v) is 6.04. The Kier molecular flexibility index (Phi) is 2.85. The summed E-state index contributed by atoms with van der Waals surface area (Å²) < 4.78 is 0. The molecule has 0 heterocycles. The molecule has 2 fully saturated rings. The molecule has 3 unspecified atom stereocenters. The van der Waals surface area contributed by atoms with Crippen LogP contribution in [-0.4, -0.2) is 23.3 Å². The van der Waals surface area contributed by atoms with E-state index in [-0.39, 0.29) is 5.54 Å². The van der Waals surface area contributed by atoms with E-state index in [0.29, 0.717) is 12.6 Å². The fourth-order valence-electron chi connectivity index (χ4n) is 2.61. The van der Waals surface area contributed by atoms with Crippen LogP contribution >= 0.6 is 0 Å². The fraction of sp³-hybridized carbons (Fsp3) is 1.00. The van der Waals surface area contributed by atoms with Gasteiger partial charge in [-0.2, -0.15) is 0 Å². The van der Waals surface area contributed by atoms with Gasteiger partial charge in [-0.3, -0.25) is 0 Å². The summed E-state index contributed by atoms with van der Waals surface area (Å²) in [6.45, 7) is 5.05. The van der Waals surface area contributed by atoms with Gasteiger partial charge in [0.05, 0.1) is 6.61 Å². The zero-order valence-electron chi connectivity index (χ0n) is 9.42. The molecule has 0 aromatic rings. The first kappa shape index (κ1) is 10.4. The lowest BCUT2D eigenvalue weighted by atomic mass is 9.79. The van der Waals surface area contributed by atoms with Crippen LogP contribution in [0.15, 0.2) is 0 Å². The quantitative estimate of drug-likeness (QED) is 0.724. The lowest BCUT2D eigenvalue weighted by molar-refractivity contribution is 0.173. The summed E-state index contributed by atoms with van der Waals surface area (Å²) in [6, 6.07) is 0.663. The average molecular weight is 197 g/mol. The highest BCUT2D eigenvalue weighted by Gasteiger charge is 2.43. The van der Waals surface area contributed by atoms with Crippen LogP contribution in [0.4, 0.5) is 0 Å². The van der Waals surface area contributed by atoms with Gasteiger partial charge in [0.1, 0.15) is 0 Å². The van der Waals surface area contributed by atoms with E-state index in [0.717, 1.165) is 11.8 Å². The van der Waals surface area contributed by atoms with Gasteiger partial charge < -0.3 is 10.4 Å². The van der Waals surface area contributed by atoms with Gasteiger partial charge in [0.25, 0.3) is 0 Å². The summed E-state index contributed by atoms with van der Waals surface area (Å²) in [5, 5.41) is 12.9. The fourth-order valence-corrected chi connectivity index (χ4v) is 2.61. The Hall–Kier alpha value is -0.0800. The molecule has 2 saturated carbocycles. The summed E-state index contributed by atoms with van der Waals surface area (Å²) in [6.07, 6.45) is 6.28. The van der Waals surface area contributed by atoms with E-state index in [4.69, 9.17) is 0 Å². The molecule has 0 aromatic heterocycles. The van der Waals surface area contributed by atoms with Gasteiger partial charge >= 0.3 is 0 Å². The van der Waals surface area contributed by atoms with E-state index >= 15 is 0 Å². The van der Waals surface area contributed by atoms with Crippen LogP contribution in [0.25, 0.3) is 0 Å². The molecule has 2 heteroatoms. The van der Waals surface area contributed by atoms with Crippen molar-refractivity contribution in [2.24, 2.45) is 11.8 Å². The Morgan fingerprint density at radius 2 is 1.93 bits per heavy atom. The van der Waals surface area contributed by atoms with Crippen molar-refractivity contribution in [3.63, 3.8) is 0 Å². The standard InChI is InChI=1S/C12H23NO/c1-9-3-4-11(7-10(9)2)13-12(8-14)5-6-12/h9-11,13-14H,3-8H2,1-2H3. The monoisotopic (exact) mass is 197 g/mol. The summed E-state index contributed by atoms with van der Waals surface area (Å²) in [7, 11) is 0. The molecular weight excluding hydrogens is 174 g/mol. The van der Waals surface area contributed by atoms with Crippen molar-refractivity contribution in [1.29, 1.82) is 0 Å². The van der Waals surface area contributed by atoms with Crippen LogP contribution in [-0.2, 0) is 0 Å². The average Bonchev–Trinajstić information content (AvgIpc) is 2.93. The van der Waals surface area contributed by atoms with Crippen LogP contribution in [0.3, 0.4) is 0 Å². The molecule has 0 saturated heterocycles. The number of rotatable bonds is 3. The maximum atomic E-state index is 9.24. The molecule has 0 spiro atoms. The van der Waals surface area contributed by atoms with Crippen LogP contribution in [0.5, 0.6) is 0 Å². The van der Waals surface area contributed by atoms with E-state index in [1.165, 1.54) is 32.1 Å². The van der Waals surface area contributed by atoms with Gasteiger partial charge in [0.2, 0.25) is 0 Å². The first-order chi connectivity index (χ1) is 6.65. The van der Waals surface area contributed by atoms with E-state index < -0.39 is 0 Å². The largest absolute Gasteiger partial charge is 0.394 e. The Balaban J connectivity index is 1.82. The van der Waals surface area contributed by atoms with Crippen LogP contribution in [0, 0.1) is 11.8 Å². The van der Waals surface area contributed by atoms with E-state index in [1.54, 1.807) is 0 Å². The molecule has 0 aromatic carbocycles. The maximum Gasteiger partial charge on any atom is 0.0613 e. The topological polar surface area (TPSA) is 32.3 Å². The molecule has 82 valence electrons. The zero-order valence-corrected chi connectivity index (χ0v) is 9.42. The minimum Gasteiger partial charge on any atom is -0.394 e. The molecule has 3 atom stereocenters. The predicted octanol–water partition coefficient (Wildman–Crippen LogP) is 1.93. The van der Waals surface area contributed by atoms with Crippen molar-refractivity contribution >= 4 is 0 Å². The second-order valence-corrected chi connectivity index (χ2v) is 5.55. The van der Waals surface area contributed by atoms with Crippen molar-refractivity contribution in [2.45, 2.75) is 57.5 Å². The highest BCUT2D eigenvalue weighted by molar-refractivity contribution is 5.03.